The molecule has 0 aliphatic heterocycles. The molecular weight excluding hydrogens is 264 g/mol. The highest BCUT2D eigenvalue weighted by atomic mass is 19.3. The van der Waals surface area contributed by atoms with Crippen LogP contribution in [-0.4, -0.2) is 20.8 Å². The Morgan fingerprint density at radius 1 is 1.20 bits per heavy atom. The molecule has 0 unspecified atom stereocenters. The maximum absolute atomic E-state index is 13.3. The molecule has 3 nitrogen and oxygen atoms in total. The molecule has 0 atom stereocenters. The van der Waals surface area contributed by atoms with Crippen molar-refractivity contribution in [2.24, 2.45) is 5.73 Å². The van der Waals surface area contributed by atoms with Crippen molar-refractivity contribution in [1.29, 1.82) is 0 Å². The predicted molar refractivity (Wildman–Crippen MR) is 73.7 cm³/mol. The van der Waals surface area contributed by atoms with E-state index in [0.29, 0.717) is 12.3 Å². The van der Waals surface area contributed by atoms with Gasteiger partial charge < -0.3 is 15.2 Å². The van der Waals surface area contributed by atoms with E-state index in [9.17, 15) is 8.78 Å². The van der Waals surface area contributed by atoms with Crippen LogP contribution >= 0.6 is 0 Å². The molecular formula is C15H21F2NO2. The number of nitrogens with two attached hydrogens (primary N) is 1. The monoisotopic (exact) mass is 285 g/mol. The van der Waals surface area contributed by atoms with Gasteiger partial charge in [-0.25, -0.2) is 8.78 Å². The van der Waals surface area contributed by atoms with E-state index in [1.807, 2.05) is 0 Å². The molecule has 1 aliphatic rings. The largest absolute Gasteiger partial charge is 0.493 e. The normalized spacial score (nSPS) is 17.5. The van der Waals surface area contributed by atoms with Gasteiger partial charge >= 0.3 is 0 Å². The number of halogens is 2. The summed E-state index contributed by atoms with van der Waals surface area (Å²) in [7, 11) is 2.83. The van der Waals surface area contributed by atoms with Gasteiger partial charge in [0.1, 0.15) is 0 Å². The Morgan fingerprint density at radius 2 is 1.85 bits per heavy atom. The average molecular weight is 285 g/mol. The topological polar surface area (TPSA) is 44.5 Å². The second-order valence-corrected chi connectivity index (χ2v) is 5.29. The van der Waals surface area contributed by atoms with Crippen molar-refractivity contribution >= 4 is 0 Å². The van der Waals surface area contributed by atoms with Gasteiger partial charge in [-0.05, 0) is 30.5 Å². The van der Waals surface area contributed by atoms with Crippen LogP contribution in [0.5, 0.6) is 11.5 Å². The molecule has 20 heavy (non-hydrogen) atoms. The molecule has 0 radical (unpaired) electrons. The van der Waals surface area contributed by atoms with E-state index >= 15 is 0 Å². The van der Waals surface area contributed by atoms with E-state index < -0.39 is 6.43 Å². The van der Waals surface area contributed by atoms with Gasteiger partial charge in [0.2, 0.25) is 0 Å². The molecule has 0 heterocycles. The maximum atomic E-state index is 13.3. The molecule has 0 spiro atoms. The average Bonchev–Trinajstić information content (AvgIpc) is 2.95. The summed E-state index contributed by atoms with van der Waals surface area (Å²) in [4.78, 5) is 0. The Morgan fingerprint density at radius 3 is 2.30 bits per heavy atom. The summed E-state index contributed by atoms with van der Waals surface area (Å²) in [6.07, 6.45) is 1.42. The van der Waals surface area contributed by atoms with Crippen molar-refractivity contribution in [2.45, 2.75) is 37.5 Å². The SMILES string of the molecule is COc1cc(C2(CN)CCCC2)cc(C(F)F)c1OC. The molecule has 0 saturated heterocycles. The Balaban J connectivity index is 2.57. The van der Waals surface area contributed by atoms with Crippen LogP contribution in [0.3, 0.4) is 0 Å². The van der Waals surface area contributed by atoms with Crippen molar-refractivity contribution in [2.75, 3.05) is 20.8 Å². The van der Waals surface area contributed by atoms with E-state index in [1.54, 1.807) is 6.07 Å². The van der Waals surface area contributed by atoms with Crippen LogP contribution in [0.4, 0.5) is 8.78 Å². The lowest BCUT2D eigenvalue weighted by Gasteiger charge is -2.29. The third kappa shape index (κ3) is 2.46. The van der Waals surface area contributed by atoms with E-state index in [2.05, 4.69) is 0 Å². The van der Waals surface area contributed by atoms with Gasteiger partial charge in [-0.1, -0.05) is 12.8 Å². The number of methoxy groups -OCH3 is 2. The first kappa shape index (κ1) is 15.0. The van der Waals surface area contributed by atoms with Crippen LogP contribution < -0.4 is 15.2 Å². The first-order valence-electron chi connectivity index (χ1n) is 6.82. The molecule has 1 saturated carbocycles. The molecule has 112 valence electrons. The lowest BCUT2D eigenvalue weighted by molar-refractivity contribution is 0.146. The first-order chi connectivity index (χ1) is 9.57. The van der Waals surface area contributed by atoms with E-state index in [0.717, 1.165) is 31.2 Å². The van der Waals surface area contributed by atoms with Crippen LogP contribution in [0.1, 0.15) is 43.2 Å². The lowest BCUT2D eigenvalue weighted by atomic mass is 9.78. The van der Waals surface area contributed by atoms with Crippen molar-refractivity contribution in [3.63, 3.8) is 0 Å². The molecule has 0 amide bonds. The molecule has 1 fully saturated rings. The fourth-order valence-electron chi connectivity index (χ4n) is 3.12. The third-order valence-electron chi connectivity index (χ3n) is 4.31. The molecule has 1 aromatic carbocycles. The molecule has 2 N–H and O–H groups in total. The van der Waals surface area contributed by atoms with Gasteiger partial charge in [0.25, 0.3) is 6.43 Å². The second kappa shape index (κ2) is 5.95. The summed E-state index contributed by atoms with van der Waals surface area (Å²) >= 11 is 0. The summed E-state index contributed by atoms with van der Waals surface area (Å²) in [5.41, 5.74) is 6.44. The number of hydrogen-bond donors (Lipinski definition) is 1. The summed E-state index contributed by atoms with van der Waals surface area (Å²) in [6, 6.07) is 3.33. The molecule has 5 heteroatoms. The van der Waals surface area contributed by atoms with E-state index in [1.165, 1.54) is 20.3 Å². The van der Waals surface area contributed by atoms with E-state index in [-0.39, 0.29) is 16.7 Å². The van der Waals surface area contributed by atoms with Crippen molar-refractivity contribution in [3.8, 4) is 11.5 Å². The van der Waals surface area contributed by atoms with Gasteiger partial charge in [-0.2, -0.15) is 0 Å². The minimum atomic E-state index is -2.60. The van der Waals surface area contributed by atoms with Crippen molar-refractivity contribution in [1.82, 2.24) is 0 Å². The van der Waals surface area contributed by atoms with Gasteiger partial charge in [0.05, 0.1) is 19.8 Å². The summed E-state index contributed by atoms with van der Waals surface area (Å²) in [5.74, 6) is 0.455. The Labute approximate surface area is 118 Å². The standard InChI is InChI=1S/C15H21F2NO2/c1-19-12-8-10(15(9-18)5-3-4-6-15)7-11(14(16)17)13(12)20-2/h7-8,14H,3-6,9,18H2,1-2H3. The molecule has 2 rings (SSSR count). The fourth-order valence-corrected chi connectivity index (χ4v) is 3.12. The Hall–Kier alpha value is -1.36. The Bertz CT molecular complexity index is 471. The summed E-state index contributed by atoms with van der Waals surface area (Å²) < 4.78 is 36.8. The number of benzene rings is 1. The molecule has 1 aliphatic carbocycles. The van der Waals surface area contributed by atoms with Crippen molar-refractivity contribution in [3.05, 3.63) is 23.3 Å². The van der Waals surface area contributed by atoms with E-state index in [4.69, 9.17) is 15.2 Å². The number of ether oxygens (including phenoxy) is 2. The zero-order valence-electron chi connectivity index (χ0n) is 11.9. The molecule has 0 bridgehead atoms. The third-order valence-corrected chi connectivity index (χ3v) is 4.31. The molecule has 0 aromatic heterocycles. The first-order valence-corrected chi connectivity index (χ1v) is 6.82. The molecule has 1 aromatic rings. The lowest BCUT2D eigenvalue weighted by Crippen LogP contribution is -2.32. The van der Waals surface area contributed by atoms with Gasteiger partial charge in [-0.15, -0.1) is 0 Å². The van der Waals surface area contributed by atoms with Crippen LogP contribution in [0, 0.1) is 0 Å². The van der Waals surface area contributed by atoms with Gasteiger partial charge in [-0.3, -0.25) is 0 Å². The second-order valence-electron chi connectivity index (χ2n) is 5.29. The van der Waals surface area contributed by atoms with Gasteiger partial charge in [0.15, 0.2) is 11.5 Å². The summed E-state index contributed by atoms with van der Waals surface area (Å²) in [6.45, 7) is 0.463. The quantitative estimate of drug-likeness (QED) is 0.901. The van der Waals surface area contributed by atoms with Crippen molar-refractivity contribution < 1.29 is 18.3 Å². The highest BCUT2D eigenvalue weighted by Crippen LogP contribution is 2.46. The minimum Gasteiger partial charge on any atom is -0.493 e. The van der Waals surface area contributed by atoms with Gasteiger partial charge in [0, 0.05) is 12.0 Å². The highest BCUT2D eigenvalue weighted by Gasteiger charge is 2.36. The smallest absolute Gasteiger partial charge is 0.267 e. The zero-order chi connectivity index (χ0) is 14.8. The fraction of sp³-hybridized carbons (Fsp3) is 0.600. The number of rotatable bonds is 5. The number of hydrogen-bond acceptors (Lipinski definition) is 3. The minimum absolute atomic E-state index is 0.108. The van der Waals surface area contributed by atoms with Crippen LogP contribution in [0.2, 0.25) is 0 Å². The van der Waals surface area contributed by atoms with Crippen LogP contribution in [0.15, 0.2) is 12.1 Å². The summed E-state index contributed by atoms with van der Waals surface area (Å²) in [5, 5.41) is 0. The highest BCUT2D eigenvalue weighted by molar-refractivity contribution is 5.52. The number of alkyl halides is 2. The zero-order valence-corrected chi connectivity index (χ0v) is 11.9. The van der Waals surface area contributed by atoms with Crippen LogP contribution in [-0.2, 0) is 5.41 Å². The van der Waals surface area contributed by atoms with Crippen LogP contribution in [0.25, 0.3) is 0 Å². The predicted octanol–water partition coefficient (Wildman–Crippen LogP) is 3.41. The Kier molecular flexibility index (Phi) is 4.48. The maximum Gasteiger partial charge on any atom is 0.267 e.